The van der Waals surface area contributed by atoms with E-state index in [1.807, 2.05) is 5.51 Å². The molecule has 0 aliphatic heterocycles. The summed E-state index contributed by atoms with van der Waals surface area (Å²) in [6, 6.07) is 0.701. The Morgan fingerprint density at radius 3 is 2.93 bits per heavy atom. The third-order valence-electron chi connectivity index (χ3n) is 3.52. The van der Waals surface area contributed by atoms with Crippen LogP contribution in [0.4, 0.5) is 0 Å². The maximum Gasteiger partial charge on any atom is 0.0797 e. The molecular weight excluding hydrogens is 204 g/mol. The topological polar surface area (TPSA) is 24.9 Å². The number of thiazole rings is 1. The summed E-state index contributed by atoms with van der Waals surface area (Å²) in [5, 5.41) is 3.63. The second kappa shape index (κ2) is 5.08. The summed E-state index contributed by atoms with van der Waals surface area (Å²) in [4.78, 5) is 5.70. The second-order valence-corrected chi connectivity index (χ2v) is 5.48. The summed E-state index contributed by atoms with van der Waals surface area (Å²) in [5.41, 5.74) is 3.15. The molecule has 84 valence electrons. The van der Waals surface area contributed by atoms with E-state index in [9.17, 15) is 0 Å². The van der Waals surface area contributed by atoms with Gasteiger partial charge in [0.15, 0.2) is 0 Å². The Morgan fingerprint density at radius 2 is 2.40 bits per heavy atom. The Kier molecular flexibility index (Phi) is 3.76. The lowest BCUT2D eigenvalue weighted by molar-refractivity contribution is 0.242. The molecule has 3 heteroatoms. The molecule has 1 aliphatic carbocycles. The fraction of sp³-hybridized carbons (Fsp3) is 0.750. The van der Waals surface area contributed by atoms with Crippen LogP contribution in [0.2, 0.25) is 0 Å². The summed E-state index contributed by atoms with van der Waals surface area (Å²) in [6.07, 6.45) is 5.42. The van der Waals surface area contributed by atoms with Crippen molar-refractivity contribution >= 4 is 11.3 Å². The standard InChI is InChI=1S/C12H20N2S/c1-9(11-4-3-5-11)13-7-6-12-10(2)14-8-15-12/h8-9,11,13H,3-7H2,1-2H3. The smallest absolute Gasteiger partial charge is 0.0797 e. The van der Waals surface area contributed by atoms with Crippen molar-refractivity contribution in [3.05, 3.63) is 16.1 Å². The molecule has 0 spiro atoms. The molecule has 1 unspecified atom stereocenters. The highest BCUT2D eigenvalue weighted by atomic mass is 32.1. The minimum Gasteiger partial charge on any atom is -0.314 e. The van der Waals surface area contributed by atoms with E-state index in [2.05, 4.69) is 24.1 Å². The van der Waals surface area contributed by atoms with Crippen LogP contribution < -0.4 is 5.32 Å². The monoisotopic (exact) mass is 224 g/mol. The highest BCUT2D eigenvalue weighted by Gasteiger charge is 2.23. The van der Waals surface area contributed by atoms with Crippen LogP contribution in [0.1, 0.15) is 36.8 Å². The Balaban J connectivity index is 1.68. The lowest BCUT2D eigenvalue weighted by atomic mass is 9.80. The van der Waals surface area contributed by atoms with E-state index in [1.54, 1.807) is 11.3 Å². The minimum atomic E-state index is 0.701. The summed E-state index contributed by atoms with van der Waals surface area (Å²) in [6.45, 7) is 5.52. The highest BCUT2D eigenvalue weighted by Crippen LogP contribution is 2.29. The molecule has 0 amide bonds. The van der Waals surface area contributed by atoms with Crippen molar-refractivity contribution in [1.82, 2.24) is 10.3 Å². The van der Waals surface area contributed by atoms with Gasteiger partial charge in [-0.2, -0.15) is 0 Å². The van der Waals surface area contributed by atoms with E-state index < -0.39 is 0 Å². The van der Waals surface area contributed by atoms with Crippen LogP contribution in [0.25, 0.3) is 0 Å². The van der Waals surface area contributed by atoms with Crippen molar-refractivity contribution in [1.29, 1.82) is 0 Å². The van der Waals surface area contributed by atoms with Gasteiger partial charge in [-0.25, -0.2) is 4.98 Å². The van der Waals surface area contributed by atoms with Crippen LogP contribution in [0.3, 0.4) is 0 Å². The van der Waals surface area contributed by atoms with E-state index in [0.29, 0.717) is 6.04 Å². The zero-order valence-corrected chi connectivity index (χ0v) is 10.4. The summed E-state index contributed by atoms with van der Waals surface area (Å²) >= 11 is 1.78. The fourth-order valence-electron chi connectivity index (χ4n) is 2.09. The molecule has 1 aromatic heterocycles. The van der Waals surface area contributed by atoms with Crippen LogP contribution in [-0.2, 0) is 6.42 Å². The van der Waals surface area contributed by atoms with Crippen molar-refractivity contribution in [2.24, 2.45) is 5.92 Å². The van der Waals surface area contributed by atoms with Gasteiger partial charge in [0, 0.05) is 17.5 Å². The zero-order chi connectivity index (χ0) is 10.7. The molecule has 1 saturated carbocycles. The van der Waals surface area contributed by atoms with Gasteiger partial charge in [0.05, 0.1) is 11.2 Å². The van der Waals surface area contributed by atoms with Gasteiger partial charge in [-0.1, -0.05) is 6.42 Å². The Bertz CT molecular complexity index is 304. The lowest BCUT2D eigenvalue weighted by Gasteiger charge is -2.32. The van der Waals surface area contributed by atoms with E-state index in [0.717, 1.165) is 18.9 Å². The molecule has 15 heavy (non-hydrogen) atoms. The molecule has 0 aromatic carbocycles. The van der Waals surface area contributed by atoms with Gasteiger partial charge in [0.1, 0.15) is 0 Å². The molecule has 1 N–H and O–H groups in total. The lowest BCUT2D eigenvalue weighted by Crippen LogP contribution is -2.38. The van der Waals surface area contributed by atoms with Gasteiger partial charge in [0.2, 0.25) is 0 Å². The van der Waals surface area contributed by atoms with Crippen molar-refractivity contribution in [2.45, 2.75) is 45.6 Å². The molecule has 1 aromatic rings. The normalized spacial score (nSPS) is 18.8. The van der Waals surface area contributed by atoms with Gasteiger partial charge >= 0.3 is 0 Å². The molecule has 0 bridgehead atoms. The van der Waals surface area contributed by atoms with Gasteiger partial charge in [-0.3, -0.25) is 0 Å². The Labute approximate surface area is 96.1 Å². The van der Waals surface area contributed by atoms with Crippen LogP contribution >= 0.6 is 11.3 Å². The van der Waals surface area contributed by atoms with Crippen molar-refractivity contribution in [2.75, 3.05) is 6.54 Å². The molecule has 1 heterocycles. The van der Waals surface area contributed by atoms with Crippen LogP contribution in [0.5, 0.6) is 0 Å². The Morgan fingerprint density at radius 1 is 1.60 bits per heavy atom. The molecule has 1 atom stereocenters. The third-order valence-corrected chi connectivity index (χ3v) is 4.52. The highest BCUT2D eigenvalue weighted by molar-refractivity contribution is 7.09. The number of hydrogen-bond donors (Lipinski definition) is 1. The first kappa shape index (κ1) is 11.1. The molecule has 1 fully saturated rings. The number of rotatable bonds is 5. The molecule has 0 saturated heterocycles. The van der Waals surface area contributed by atoms with Crippen LogP contribution in [-0.4, -0.2) is 17.6 Å². The predicted octanol–water partition coefficient (Wildman–Crippen LogP) is 2.77. The first-order valence-electron chi connectivity index (χ1n) is 5.89. The molecular formula is C12H20N2S. The van der Waals surface area contributed by atoms with Gasteiger partial charge in [-0.15, -0.1) is 11.3 Å². The summed E-state index contributed by atoms with van der Waals surface area (Å²) in [5.74, 6) is 0.938. The van der Waals surface area contributed by atoms with Crippen molar-refractivity contribution in [3.8, 4) is 0 Å². The van der Waals surface area contributed by atoms with Crippen molar-refractivity contribution < 1.29 is 0 Å². The molecule has 2 rings (SSSR count). The SMILES string of the molecule is Cc1ncsc1CCNC(C)C1CCC1. The van der Waals surface area contributed by atoms with E-state index in [4.69, 9.17) is 0 Å². The Hall–Kier alpha value is -0.410. The minimum absolute atomic E-state index is 0.701. The number of nitrogens with zero attached hydrogens (tertiary/aromatic N) is 1. The van der Waals surface area contributed by atoms with Gasteiger partial charge < -0.3 is 5.32 Å². The van der Waals surface area contributed by atoms with E-state index in [-0.39, 0.29) is 0 Å². The average Bonchev–Trinajstić information content (AvgIpc) is 2.49. The van der Waals surface area contributed by atoms with Gasteiger partial charge in [0.25, 0.3) is 0 Å². The first-order valence-corrected chi connectivity index (χ1v) is 6.77. The van der Waals surface area contributed by atoms with E-state index >= 15 is 0 Å². The number of hydrogen-bond acceptors (Lipinski definition) is 3. The second-order valence-electron chi connectivity index (χ2n) is 4.54. The largest absolute Gasteiger partial charge is 0.314 e. The fourth-order valence-corrected chi connectivity index (χ4v) is 2.87. The van der Waals surface area contributed by atoms with Crippen molar-refractivity contribution in [3.63, 3.8) is 0 Å². The average molecular weight is 224 g/mol. The summed E-state index contributed by atoms with van der Waals surface area (Å²) in [7, 11) is 0. The van der Waals surface area contributed by atoms with E-state index in [1.165, 1.54) is 29.8 Å². The number of aromatic nitrogens is 1. The number of aryl methyl sites for hydroxylation is 1. The zero-order valence-electron chi connectivity index (χ0n) is 9.62. The predicted molar refractivity (Wildman–Crippen MR) is 65.4 cm³/mol. The maximum absolute atomic E-state index is 4.27. The molecule has 1 aliphatic rings. The van der Waals surface area contributed by atoms with Crippen LogP contribution in [0.15, 0.2) is 5.51 Å². The van der Waals surface area contributed by atoms with Gasteiger partial charge in [-0.05, 0) is 39.0 Å². The maximum atomic E-state index is 4.27. The quantitative estimate of drug-likeness (QED) is 0.832. The number of nitrogens with one attached hydrogen (secondary N) is 1. The van der Waals surface area contributed by atoms with Crippen LogP contribution in [0, 0.1) is 12.8 Å². The molecule has 2 nitrogen and oxygen atoms in total. The summed E-state index contributed by atoms with van der Waals surface area (Å²) < 4.78 is 0. The molecule has 0 radical (unpaired) electrons. The first-order chi connectivity index (χ1) is 7.27. The third kappa shape index (κ3) is 2.79.